The molecule has 0 spiro atoms. The largest absolute Gasteiger partial charge is 0.494 e. The standard InChI is InChI=1S/C20H21N3O4S/c1-2-26-17-11-8-15(9-12-17)10-13-18(24)21-20(28)23-22-19(25)14-27-16-6-4-3-5-7-16/h3-13H,2,14H2,1H3,(H,22,25)(H2,21,23,24,28)/b13-10+. The van der Waals surface area contributed by atoms with Crippen molar-refractivity contribution in [1.29, 1.82) is 0 Å². The minimum Gasteiger partial charge on any atom is -0.494 e. The van der Waals surface area contributed by atoms with Crippen LogP contribution >= 0.6 is 12.2 Å². The Kier molecular flexibility index (Phi) is 8.48. The number of hydrogen-bond acceptors (Lipinski definition) is 5. The van der Waals surface area contributed by atoms with Crippen LogP contribution in [0.2, 0.25) is 0 Å². The van der Waals surface area contributed by atoms with Gasteiger partial charge in [0.2, 0.25) is 5.91 Å². The van der Waals surface area contributed by atoms with Crippen molar-refractivity contribution in [2.24, 2.45) is 0 Å². The molecule has 0 fully saturated rings. The highest BCUT2D eigenvalue weighted by Crippen LogP contribution is 2.12. The Morgan fingerprint density at radius 1 is 0.964 bits per heavy atom. The van der Waals surface area contributed by atoms with E-state index >= 15 is 0 Å². The van der Waals surface area contributed by atoms with Crippen LogP contribution < -0.4 is 25.6 Å². The zero-order valence-corrected chi connectivity index (χ0v) is 16.1. The molecule has 0 heterocycles. The first-order valence-electron chi connectivity index (χ1n) is 8.55. The lowest BCUT2D eigenvalue weighted by Crippen LogP contribution is -2.49. The molecule has 8 heteroatoms. The third-order valence-electron chi connectivity index (χ3n) is 3.28. The first kappa shape index (κ1) is 20.9. The van der Waals surface area contributed by atoms with Crippen LogP contribution in [0.25, 0.3) is 6.08 Å². The van der Waals surface area contributed by atoms with Crippen molar-refractivity contribution in [3.05, 3.63) is 66.2 Å². The molecule has 0 aliphatic rings. The van der Waals surface area contributed by atoms with Gasteiger partial charge in [-0.3, -0.25) is 25.8 Å². The predicted octanol–water partition coefficient (Wildman–Crippen LogP) is 2.20. The minimum absolute atomic E-state index is 0.0330. The Bertz CT molecular complexity index is 823. The summed E-state index contributed by atoms with van der Waals surface area (Å²) < 4.78 is 10.6. The fraction of sp³-hybridized carbons (Fsp3) is 0.150. The lowest BCUT2D eigenvalue weighted by molar-refractivity contribution is -0.123. The third-order valence-corrected chi connectivity index (χ3v) is 3.49. The second-order valence-electron chi connectivity index (χ2n) is 5.43. The molecule has 3 N–H and O–H groups in total. The number of ether oxygens (including phenoxy) is 2. The number of nitrogens with one attached hydrogen (secondary N) is 3. The summed E-state index contributed by atoms with van der Waals surface area (Å²) in [7, 11) is 0. The number of carbonyl (C=O) groups excluding carboxylic acids is 2. The number of amides is 2. The normalized spacial score (nSPS) is 10.2. The van der Waals surface area contributed by atoms with Crippen molar-refractivity contribution < 1.29 is 19.1 Å². The van der Waals surface area contributed by atoms with E-state index in [1.165, 1.54) is 6.08 Å². The Balaban J connectivity index is 1.68. The molecule has 0 atom stereocenters. The van der Waals surface area contributed by atoms with Crippen molar-refractivity contribution >= 4 is 35.2 Å². The zero-order chi connectivity index (χ0) is 20.2. The van der Waals surface area contributed by atoms with Crippen molar-refractivity contribution in [3.63, 3.8) is 0 Å². The van der Waals surface area contributed by atoms with Gasteiger partial charge in [-0.2, -0.15) is 0 Å². The van der Waals surface area contributed by atoms with Crippen LogP contribution in [0.3, 0.4) is 0 Å². The summed E-state index contributed by atoms with van der Waals surface area (Å²) in [5, 5.41) is 2.39. The maximum atomic E-state index is 11.9. The molecule has 0 bridgehead atoms. The van der Waals surface area contributed by atoms with Gasteiger partial charge in [0.15, 0.2) is 11.7 Å². The number of para-hydroxylation sites is 1. The topological polar surface area (TPSA) is 88.7 Å². The van der Waals surface area contributed by atoms with E-state index in [1.54, 1.807) is 30.3 Å². The molecule has 0 aromatic heterocycles. The summed E-state index contributed by atoms with van der Waals surface area (Å²) in [5.74, 6) is 0.473. The molecule has 7 nitrogen and oxygen atoms in total. The summed E-state index contributed by atoms with van der Waals surface area (Å²) in [6, 6.07) is 16.2. The maximum Gasteiger partial charge on any atom is 0.276 e. The molecular formula is C20H21N3O4S. The second kappa shape index (κ2) is 11.3. The molecule has 2 aromatic carbocycles. The van der Waals surface area contributed by atoms with Gasteiger partial charge in [0, 0.05) is 6.08 Å². The van der Waals surface area contributed by atoms with Crippen LogP contribution in [0.15, 0.2) is 60.7 Å². The van der Waals surface area contributed by atoms with Gasteiger partial charge in [-0.15, -0.1) is 0 Å². The van der Waals surface area contributed by atoms with E-state index in [2.05, 4.69) is 16.2 Å². The number of rotatable bonds is 7. The van der Waals surface area contributed by atoms with Gasteiger partial charge in [-0.05, 0) is 55.0 Å². The molecule has 146 valence electrons. The number of hydrazine groups is 1. The lowest BCUT2D eigenvalue weighted by atomic mass is 10.2. The van der Waals surface area contributed by atoms with Crippen LogP contribution in [0.4, 0.5) is 0 Å². The van der Waals surface area contributed by atoms with Crippen molar-refractivity contribution in [2.45, 2.75) is 6.92 Å². The van der Waals surface area contributed by atoms with Crippen molar-refractivity contribution in [3.8, 4) is 11.5 Å². The predicted molar refractivity (Wildman–Crippen MR) is 111 cm³/mol. The number of thiocarbonyl (C=S) groups is 1. The number of hydrogen-bond donors (Lipinski definition) is 3. The van der Waals surface area contributed by atoms with Gasteiger partial charge in [0.1, 0.15) is 11.5 Å². The molecule has 0 saturated heterocycles. The zero-order valence-electron chi connectivity index (χ0n) is 15.3. The van der Waals surface area contributed by atoms with Gasteiger partial charge in [0.25, 0.3) is 5.91 Å². The second-order valence-corrected chi connectivity index (χ2v) is 5.84. The smallest absolute Gasteiger partial charge is 0.276 e. The number of carbonyl (C=O) groups is 2. The van der Waals surface area contributed by atoms with Gasteiger partial charge >= 0.3 is 0 Å². The van der Waals surface area contributed by atoms with E-state index in [0.717, 1.165) is 11.3 Å². The van der Waals surface area contributed by atoms with Crippen molar-refractivity contribution in [1.82, 2.24) is 16.2 Å². The van der Waals surface area contributed by atoms with E-state index in [0.29, 0.717) is 12.4 Å². The van der Waals surface area contributed by atoms with Crippen LogP contribution in [-0.4, -0.2) is 30.1 Å². The van der Waals surface area contributed by atoms with Gasteiger partial charge < -0.3 is 9.47 Å². The molecule has 0 radical (unpaired) electrons. The van der Waals surface area contributed by atoms with Gasteiger partial charge in [0.05, 0.1) is 6.61 Å². The van der Waals surface area contributed by atoms with E-state index in [9.17, 15) is 9.59 Å². The first-order valence-corrected chi connectivity index (χ1v) is 8.96. The van der Waals surface area contributed by atoms with Crippen LogP contribution in [0.1, 0.15) is 12.5 Å². The minimum atomic E-state index is -0.439. The Morgan fingerprint density at radius 2 is 1.64 bits per heavy atom. The molecule has 28 heavy (non-hydrogen) atoms. The van der Waals surface area contributed by atoms with E-state index in [1.807, 2.05) is 37.3 Å². The highest BCUT2D eigenvalue weighted by Gasteiger charge is 2.05. The molecule has 0 saturated carbocycles. The SMILES string of the molecule is CCOc1ccc(/C=C/C(=O)NC(=S)NNC(=O)COc2ccccc2)cc1. The molecule has 0 aliphatic heterocycles. The lowest BCUT2D eigenvalue weighted by Gasteiger charge is -2.10. The first-order chi connectivity index (χ1) is 13.6. The summed E-state index contributed by atoms with van der Waals surface area (Å²) in [6.45, 7) is 2.32. The van der Waals surface area contributed by atoms with Gasteiger partial charge in [-0.25, -0.2) is 0 Å². The average molecular weight is 399 g/mol. The molecule has 2 rings (SSSR count). The van der Waals surface area contributed by atoms with E-state index in [4.69, 9.17) is 21.7 Å². The maximum absolute atomic E-state index is 11.9. The van der Waals surface area contributed by atoms with E-state index < -0.39 is 11.8 Å². The highest BCUT2D eigenvalue weighted by atomic mass is 32.1. The Labute approximate surface area is 168 Å². The summed E-state index contributed by atoms with van der Waals surface area (Å²) in [6.07, 6.45) is 2.98. The third kappa shape index (κ3) is 7.88. The Hall–Kier alpha value is -3.39. The molecular weight excluding hydrogens is 378 g/mol. The molecule has 2 amide bonds. The Morgan fingerprint density at radius 3 is 2.32 bits per heavy atom. The van der Waals surface area contributed by atoms with Crippen LogP contribution in [0.5, 0.6) is 11.5 Å². The summed E-state index contributed by atoms with van der Waals surface area (Å²) >= 11 is 4.95. The fourth-order valence-corrected chi connectivity index (χ4v) is 2.18. The molecule has 2 aromatic rings. The van der Waals surface area contributed by atoms with Crippen molar-refractivity contribution in [2.75, 3.05) is 13.2 Å². The molecule has 0 unspecified atom stereocenters. The average Bonchev–Trinajstić information content (AvgIpc) is 2.71. The van der Waals surface area contributed by atoms with Crippen LogP contribution in [0, 0.1) is 0 Å². The fourth-order valence-electron chi connectivity index (χ4n) is 2.03. The van der Waals surface area contributed by atoms with Gasteiger partial charge in [-0.1, -0.05) is 30.3 Å². The monoisotopic (exact) mass is 399 g/mol. The highest BCUT2D eigenvalue weighted by molar-refractivity contribution is 7.80. The molecule has 0 aliphatic carbocycles. The van der Waals surface area contributed by atoms with Crippen LogP contribution in [-0.2, 0) is 9.59 Å². The summed E-state index contributed by atoms with van der Waals surface area (Å²) in [5.41, 5.74) is 5.62. The quantitative estimate of drug-likeness (QED) is 0.376. The van der Waals surface area contributed by atoms with E-state index in [-0.39, 0.29) is 11.7 Å². The number of benzene rings is 2. The summed E-state index contributed by atoms with van der Waals surface area (Å²) in [4.78, 5) is 23.6.